The Balaban J connectivity index is 2.16. The Morgan fingerprint density at radius 1 is 1.25 bits per heavy atom. The van der Waals surface area contributed by atoms with E-state index in [1.807, 2.05) is 27.0 Å². The number of hydrogen-bond acceptors (Lipinski definition) is 4. The zero-order valence-corrected chi connectivity index (χ0v) is 11.9. The van der Waals surface area contributed by atoms with Crippen molar-refractivity contribution < 1.29 is 14.3 Å². The van der Waals surface area contributed by atoms with E-state index in [4.69, 9.17) is 9.47 Å². The van der Waals surface area contributed by atoms with E-state index in [0.29, 0.717) is 30.3 Å². The monoisotopic (exact) mass is 274 g/mol. The van der Waals surface area contributed by atoms with E-state index in [1.54, 1.807) is 22.9 Å². The molecule has 0 fully saturated rings. The molecule has 0 saturated heterocycles. The van der Waals surface area contributed by atoms with Crippen LogP contribution in [0.15, 0.2) is 24.3 Å². The molecular weight excluding hydrogens is 256 g/mol. The van der Waals surface area contributed by atoms with Crippen molar-refractivity contribution in [3.05, 3.63) is 41.2 Å². The lowest BCUT2D eigenvalue weighted by Gasteiger charge is -2.12. The van der Waals surface area contributed by atoms with Gasteiger partial charge >= 0.3 is 0 Å². The maximum Gasteiger partial charge on any atom is 0.161 e. The molecule has 0 atom stereocenters. The van der Waals surface area contributed by atoms with Crippen LogP contribution >= 0.6 is 0 Å². The molecule has 0 spiro atoms. The Hall–Kier alpha value is -2.30. The number of rotatable bonds is 6. The summed E-state index contributed by atoms with van der Waals surface area (Å²) in [4.78, 5) is 10.8. The van der Waals surface area contributed by atoms with Gasteiger partial charge in [0, 0.05) is 12.6 Å². The summed E-state index contributed by atoms with van der Waals surface area (Å²) in [5, 5.41) is 4.27. The van der Waals surface area contributed by atoms with E-state index in [9.17, 15) is 4.79 Å². The number of ether oxygens (including phenoxy) is 2. The third kappa shape index (κ3) is 3.17. The third-order valence-electron chi connectivity index (χ3n) is 2.88. The molecule has 1 aromatic heterocycles. The topological polar surface area (TPSA) is 53.4 Å². The van der Waals surface area contributed by atoms with Crippen LogP contribution in [-0.4, -0.2) is 22.7 Å². The molecule has 20 heavy (non-hydrogen) atoms. The third-order valence-corrected chi connectivity index (χ3v) is 2.88. The van der Waals surface area contributed by atoms with Gasteiger partial charge < -0.3 is 9.47 Å². The molecule has 0 amide bonds. The molecule has 0 radical (unpaired) electrons. The van der Waals surface area contributed by atoms with Crippen LogP contribution in [0.1, 0.15) is 28.7 Å². The normalized spacial score (nSPS) is 10.3. The molecule has 0 aliphatic rings. The number of aldehydes is 1. The molecule has 0 N–H and O–H groups in total. The van der Waals surface area contributed by atoms with Gasteiger partial charge in [-0.05, 0) is 38.1 Å². The number of carbonyl (C=O) groups is 1. The summed E-state index contributed by atoms with van der Waals surface area (Å²) in [7, 11) is 1.88. The second-order valence-corrected chi connectivity index (χ2v) is 4.45. The Morgan fingerprint density at radius 2 is 2.05 bits per heavy atom. The first-order chi connectivity index (χ1) is 9.63. The summed E-state index contributed by atoms with van der Waals surface area (Å²) < 4.78 is 13.1. The fraction of sp³-hybridized carbons (Fsp3) is 0.333. The molecule has 0 aliphatic heterocycles. The minimum atomic E-state index is 0.401. The van der Waals surface area contributed by atoms with Gasteiger partial charge in [0.2, 0.25) is 0 Å². The van der Waals surface area contributed by atoms with Crippen molar-refractivity contribution in [2.75, 3.05) is 6.61 Å². The van der Waals surface area contributed by atoms with Crippen molar-refractivity contribution in [2.24, 2.45) is 7.05 Å². The van der Waals surface area contributed by atoms with E-state index >= 15 is 0 Å². The Labute approximate surface area is 118 Å². The van der Waals surface area contributed by atoms with Crippen molar-refractivity contribution >= 4 is 6.29 Å². The summed E-state index contributed by atoms with van der Waals surface area (Å²) in [6.07, 6.45) is 0.788. The molecule has 2 aromatic rings. The quantitative estimate of drug-likeness (QED) is 0.759. The minimum Gasteiger partial charge on any atom is -0.490 e. The number of aromatic nitrogens is 2. The Bertz CT molecular complexity index is 605. The zero-order valence-electron chi connectivity index (χ0n) is 11.9. The molecule has 0 aliphatic carbocycles. The van der Waals surface area contributed by atoms with Crippen LogP contribution in [0.2, 0.25) is 0 Å². The number of benzene rings is 1. The van der Waals surface area contributed by atoms with E-state index in [1.165, 1.54) is 0 Å². The maximum absolute atomic E-state index is 10.8. The fourth-order valence-electron chi connectivity index (χ4n) is 1.94. The first kappa shape index (κ1) is 14.1. The van der Waals surface area contributed by atoms with Gasteiger partial charge in [0.15, 0.2) is 11.5 Å². The minimum absolute atomic E-state index is 0.401. The Kier molecular flexibility index (Phi) is 4.40. The van der Waals surface area contributed by atoms with Gasteiger partial charge in [0.05, 0.1) is 18.0 Å². The number of hydrogen-bond donors (Lipinski definition) is 0. The highest BCUT2D eigenvalue weighted by Crippen LogP contribution is 2.28. The van der Waals surface area contributed by atoms with Crippen molar-refractivity contribution in [1.29, 1.82) is 0 Å². The van der Waals surface area contributed by atoms with E-state index < -0.39 is 0 Å². The Morgan fingerprint density at radius 3 is 2.65 bits per heavy atom. The first-order valence-corrected chi connectivity index (χ1v) is 6.48. The number of carbonyl (C=O) groups excluding carboxylic acids is 1. The van der Waals surface area contributed by atoms with Gasteiger partial charge in [-0.3, -0.25) is 9.48 Å². The summed E-state index contributed by atoms with van der Waals surface area (Å²) in [6.45, 7) is 4.75. The molecule has 2 rings (SSSR count). The fourth-order valence-corrected chi connectivity index (χ4v) is 1.94. The molecule has 0 unspecified atom stereocenters. The first-order valence-electron chi connectivity index (χ1n) is 6.48. The van der Waals surface area contributed by atoms with Gasteiger partial charge in [-0.2, -0.15) is 5.10 Å². The summed E-state index contributed by atoms with van der Waals surface area (Å²) in [5.41, 5.74) is 2.49. The standard InChI is InChI=1S/C15H18N2O3/c1-4-19-15-8-12(9-18)5-6-14(15)20-10-13-7-11(2)16-17(13)3/h5-9H,4,10H2,1-3H3. The van der Waals surface area contributed by atoms with Crippen LogP contribution in [0.25, 0.3) is 0 Å². The van der Waals surface area contributed by atoms with E-state index in [0.717, 1.165) is 17.7 Å². The average Bonchev–Trinajstić information content (AvgIpc) is 2.76. The molecule has 1 aromatic carbocycles. The largest absolute Gasteiger partial charge is 0.490 e. The predicted octanol–water partition coefficient (Wildman–Crippen LogP) is 2.52. The van der Waals surface area contributed by atoms with Crippen LogP contribution < -0.4 is 9.47 Å². The molecule has 5 heteroatoms. The SMILES string of the molecule is CCOc1cc(C=O)ccc1OCc1cc(C)nn1C. The average molecular weight is 274 g/mol. The lowest BCUT2D eigenvalue weighted by atomic mass is 10.2. The maximum atomic E-state index is 10.8. The molecule has 0 saturated carbocycles. The number of nitrogens with zero attached hydrogens (tertiary/aromatic N) is 2. The van der Waals surface area contributed by atoms with Gasteiger partial charge in [0.25, 0.3) is 0 Å². The highest BCUT2D eigenvalue weighted by molar-refractivity contribution is 5.76. The summed E-state index contributed by atoms with van der Waals surface area (Å²) >= 11 is 0. The van der Waals surface area contributed by atoms with Crippen molar-refractivity contribution in [3.63, 3.8) is 0 Å². The zero-order chi connectivity index (χ0) is 14.5. The molecule has 1 heterocycles. The van der Waals surface area contributed by atoms with Crippen LogP contribution in [-0.2, 0) is 13.7 Å². The van der Waals surface area contributed by atoms with E-state index in [2.05, 4.69) is 5.10 Å². The highest BCUT2D eigenvalue weighted by atomic mass is 16.5. The van der Waals surface area contributed by atoms with Crippen LogP contribution in [0, 0.1) is 6.92 Å². The van der Waals surface area contributed by atoms with Crippen molar-refractivity contribution in [1.82, 2.24) is 9.78 Å². The smallest absolute Gasteiger partial charge is 0.161 e. The van der Waals surface area contributed by atoms with Gasteiger partial charge in [-0.15, -0.1) is 0 Å². The second kappa shape index (κ2) is 6.23. The van der Waals surface area contributed by atoms with E-state index in [-0.39, 0.29) is 0 Å². The van der Waals surface area contributed by atoms with Gasteiger partial charge in [0.1, 0.15) is 12.9 Å². The molecule has 5 nitrogen and oxygen atoms in total. The second-order valence-electron chi connectivity index (χ2n) is 4.45. The predicted molar refractivity (Wildman–Crippen MR) is 75.3 cm³/mol. The van der Waals surface area contributed by atoms with Crippen LogP contribution in [0.5, 0.6) is 11.5 Å². The molecular formula is C15H18N2O3. The molecule has 0 bridgehead atoms. The highest BCUT2D eigenvalue weighted by Gasteiger charge is 2.08. The van der Waals surface area contributed by atoms with Crippen LogP contribution in [0.4, 0.5) is 0 Å². The number of aryl methyl sites for hydroxylation is 2. The lowest BCUT2D eigenvalue weighted by molar-refractivity contribution is 0.112. The lowest BCUT2D eigenvalue weighted by Crippen LogP contribution is -2.04. The van der Waals surface area contributed by atoms with Gasteiger partial charge in [-0.25, -0.2) is 0 Å². The van der Waals surface area contributed by atoms with Crippen molar-refractivity contribution in [2.45, 2.75) is 20.5 Å². The van der Waals surface area contributed by atoms with Gasteiger partial charge in [-0.1, -0.05) is 0 Å². The summed E-state index contributed by atoms with van der Waals surface area (Å²) in [5.74, 6) is 1.20. The summed E-state index contributed by atoms with van der Waals surface area (Å²) in [6, 6.07) is 7.11. The van der Waals surface area contributed by atoms with Crippen molar-refractivity contribution in [3.8, 4) is 11.5 Å². The van der Waals surface area contributed by atoms with Crippen LogP contribution in [0.3, 0.4) is 0 Å². The molecule has 106 valence electrons.